The van der Waals surface area contributed by atoms with Crippen molar-refractivity contribution in [2.24, 2.45) is 0 Å². The molecule has 0 fully saturated rings. The van der Waals surface area contributed by atoms with E-state index in [0.29, 0.717) is 11.3 Å². The number of methoxy groups -OCH3 is 2. The molecule has 4 aromatic rings. The number of ether oxygens (including phenoxy) is 2. The van der Waals surface area contributed by atoms with Gasteiger partial charge in [-0.05, 0) is 42.8 Å². The number of carbonyl (C=O) groups is 2. The molecule has 1 amide bonds. The molecule has 0 aliphatic carbocycles. The van der Waals surface area contributed by atoms with Crippen LogP contribution in [-0.4, -0.2) is 41.3 Å². The van der Waals surface area contributed by atoms with Crippen molar-refractivity contribution in [2.45, 2.75) is 17.2 Å². The Morgan fingerprint density at radius 2 is 1.88 bits per heavy atom. The Bertz CT molecular complexity index is 1300. The van der Waals surface area contributed by atoms with E-state index in [0.717, 1.165) is 32.1 Å². The summed E-state index contributed by atoms with van der Waals surface area (Å²) in [5.41, 5.74) is 2.93. The van der Waals surface area contributed by atoms with E-state index in [4.69, 9.17) is 9.47 Å². The maximum absolute atomic E-state index is 12.9. The Balaban J connectivity index is 1.56. The van der Waals surface area contributed by atoms with E-state index >= 15 is 0 Å². The predicted molar refractivity (Wildman–Crippen MR) is 131 cm³/mol. The number of hydrogen-bond acceptors (Lipinski definition) is 8. The summed E-state index contributed by atoms with van der Waals surface area (Å²) in [4.78, 5) is 34.3. The minimum absolute atomic E-state index is 0.199. The Morgan fingerprint density at radius 1 is 1.09 bits per heavy atom. The maximum atomic E-state index is 12.9. The van der Waals surface area contributed by atoms with Gasteiger partial charge >= 0.3 is 5.97 Å². The first-order valence-corrected chi connectivity index (χ1v) is 11.8. The molecule has 0 saturated heterocycles. The first kappa shape index (κ1) is 22.8. The zero-order chi connectivity index (χ0) is 23.4. The zero-order valence-electron chi connectivity index (χ0n) is 18.2. The molecule has 1 N–H and O–H groups in total. The van der Waals surface area contributed by atoms with Gasteiger partial charge in [-0.15, -0.1) is 11.3 Å². The number of hydrogen-bond donors (Lipinski definition) is 1. The van der Waals surface area contributed by atoms with E-state index < -0.39 is 11.2 Å². The van der Waals surface area contributed by atoms with Crippen LogP contribution >= 0.6 is 23.1 Å². The molecule has 2 heterocycles. The lowest BCUT2D eigenvalue weighted by Gasteiger charge is -2.13. The summed E-state index contributed by atoms with van der Waals surface area (Å²) in [6.45, 7) is 1.82. The number of fused-ring (bicyclic) bond motifs is 1. The largest absolute Gasteiger partial charge is 0.497 e. The van der Waals surface area contributed by atoms with E-state index in [-0.39, 0.29) is 5.91 Å². The number of thiophene rings is 1. The number of thioether (sulfide) groups is 1. The van der Waals surface area contributed by atoms with Gasteiger partial charge in [-0.2, -0.15) is 0 Å². The molecular formula is C24H21N3O4S2. The highest BCUT2D eigenvalue weighted by atomic mass is 32.2. The standard InChI is InChI=1S/C24H21N3O4S2/c1-14(21(28)27-17-6-4-5-16(11-17)24(29)31-3)33-23-20-19(12-32-22(20)25-13-26-23)15-7-9-18(30-2)10-8-15/h4-14H,1-3H3,(H,27,28). The molecule has 168 valence electrons. The van der Waals surface area contributed by atoms with Crippen molar-refractivity contribution in [1.82, 2.24) is 9.97 Å². The van der Waals surface area contributed by atoms with E-state index in [1.165, 1.54) is 36.5 Å². The molecule has 2 aromatic carbocycles. The second kappa shape index (κ2) is 10.0. The highest BCUT2D eigenvalue weighted by molar-refractivity contribution is 8.00. The molecule has 0 bridgehead atoms. The number of amides is 1. The van der Waals surface area contributed by atoms with Crippen molar-refractivity contribution >= 4 is 50.9 Å². The Hall–Kier alpha value is -3.43. The topological polar surface area (TPSA) is 90.4 Å². The molecule has 0 aliphatic heterocycles. The zero-order valence-corrected chi connectivity index (χ0v) is 19.8. The molecule has 0 spiro atoms. The number of anilines is 1. The van der Waals surface area contributed by atoms with Crippen molar-refractivity contribution < 1.29 is 19.1 Å². The van der Waals surface area contributed by atoms with Gasteiger partial charge in [-0.3, -0.25) is 4.79 Å². The van der Waals surface area contributed by atoms with Gasteiger partial charge in [0.2, 0.25) is 5.91 Å². The summed E-state index contributed by atoms with van der Waals surface area (Å²) in [5, 5.41) is 6.13. The van der Waals surface area contributed by atoms with Crippen LogP contribution in [0, 0.1) is 0 Å². The average molecular weight is 480 g/mol. The first-order chi connectivity index (χ1) is 16.0. The summed E-state index contributed by atoms with van der Waals surface area (Å²) in [6.07, 6.45) is 1.52. The number of benzene rings is 2. The van der Waals surface area contributed by atoms with Crippen molar-refractivity contribution in [3.63, 3.8) is 0 Å². The van der Waals surface area contributed by atoms with Gasteiger partial charge in [-0.1, -0.05) is 30.0 Å². The smallest absolute Gasteiger partial charge is 0.337 e. The van der Waals surface area contributed by atoms with Gasteiger partial charge in [0.1, 0.15) is 21.9 Å². The fraction of sp³-hybridized carbons (Fsp3) is 0.167. The SMILES string of the molecule is COC(=O)c1cccc(NC(=O)C(C)Sc2ncnc3scc(-c4ccc(OC)cc4)c23)c1. The maximum Gasteiger partial charge on any atom is 0.337 e. The van der Waals surface area contributed by atoms with Crippen LogP contribution in [0.3, 0.4) is 0 Å². The van der Waals surface area contributed by atoms with Crippen LogP contribution in [0.5, 0.6) is 5.75 Å². The second-order valence-electron chi connectivity index (χ2n) is 7.06. The van der Waals surface area contributed by atoms with Crippen LogP contribution in [0.25, 0.3) is 21.3 Å². The molecule has 1 unspecified atom stereocenters. The van der Waals surface area contributed by atoms with E-state index in [1.807, 2.05) is 36.6 Å². The fourth-order valence-electron chi connectivity index (χ4n) is 3.23. The van der Waals surface area contributed by atoms with E-state index in [1.54, 1.807) is 31.4 Å². The molecule has 0 radical (unpaired) electrons. The minimum Gasteiger partial charge on any atom is -0.497 e. The predicted octanol–water partition coefficient (Wildman–Crippen LogP) is 5.27. The lowest BCUT2D eigenvalue weighted by Crippen LogP contribution is -2.22. The number of carbonyl (C=O) groups excluding carboxylic acids is 2. The third-order valence-electron chi connectivity index (χ3n) is 4.95. The first-order valence-electron chi connectivity index (χ1n) is 10.0. The van der Waals surface area contributed by atoms with Gasteiger partial charge in [-0.25, -0.2) is 14.8 Å². The third kappa shape index (κ3) is 4.99. The van der Waals surface area contributed by atoms with Crippen LogP contribution in [0.15, 0.2) is 65.3 Å². The Kier molecular flexibility index (Phi) is 6.90. The van der Waals surface area contributed by atoms with E-state index in [2.05, 4.69) is 15.3 Å². The van der Waals surface area contributed by atoms with E-state index in [9.17, 15) is 9.59 Å². The van der Waals surface area contributed by atoms with Crippen molar-refractivity contribution in [3.05, 3.63) is 65.8 Å². The highest BCUT2D eigenvalue weighted by Gasteiger charge is 2.20. The number of aromatic nitrogens is 2. The third-order valence-corrected chi connectivity index (χ3v) is 6.93. The van der Waals surface area contributed by atoms with Crippen LogP contribution in [-0.2, 0) is 9.53 Å². The Morgan fingerprint density at radius 3 is 2.61 bits per heavy atom. The van der Waals surface area contributed by atoms with Crippen molar-refractivity contribution in [2.75, 3.05) is 19.5 Å². The van der Waals surface area contributed by atoms with Crippen LogP contribution < -0.4 is 10.1 Å². The average Bonchev–Trinajstić information content (AvgIpc) is 3.29. The second-order valence-corrected chi connectivity index (χ2v) is 9.25. The number of nitrogens with zero attached hydrogens (tertiary/aromatic N) is 2. The summed E-state index contributed by atoms with van der Waals surface area (Å²) >= 11 is 2.90. The van der Waals surface area contributed by atoms with Gasteiger partial charge in [0.15, 0.2) is 0 Å². The lowest BCUT2D eigenvalue weighted by molar-refractivity contribution is -0.115. The van der Waals surface area contributed by atoms with Crippen LogP contribution in [0.1, 0.15) is 17.3 Å². The highest BCUT2D eigenvalue weighted by Crippen LogP contribution is 2.39. The normalized spacial score (nSPS) is 11.7. The molecule has 0 saturated carbocycles. The van der Waals surface area contributed by atoms with Gasteiger partial charge in [0.25, 0.3) is 0 Å². The summed E-state index contributed by atoms with van der Waals surface area (Å²) in [7, 11) is 2.95. The minimum atomic E-state index is -0.458. The number of nitrogens with one attached hydrogen (secondary N) is 1. The number of rotatable bonds is 7. The van der Waals surface area contributed by atoms with Gasteiger partial charge in [0.05, 0.1) is 30.4 Å². The molecule has 4 rings (SSSR count). The van der Waals surface area contributed by atoms with Crippen molar-refractivity contribution in [3.8, 4) is 16.9 Å². The molecule has 2 aromatic heterocycles. The lowest BCUT2D eigenvalue weighted by atomic mass is 10.1. The fourth-order valence-corrected chi connectivity index (χ4v) is 5.14. The molecule has 9 heteroatoms. The molecule has 0 aliphatic rings. The quantitative estimate of drug-likeness (QED) is 0.219. The molecular weight excluding hydrogens is 458 g/mol. The van der Waals surface area contributed by atoms with Crippen molar-refractivity contribution in [1.29, 1.82) is 0 Å². The summed E-state index contributed by atoms with van der Waals surface area (Å²) < 4.78 is 10.00. The number of esters is 1. The van der Waals surface area contributed by atoms with Gasteiger partial charge in [0, 0.05) is 16.6 Å². The molecule has 1 atom stereocenters. The summed E-state index contributed by atoms with van der Waals surface area (Å²) in [5.74, 6) is 0.126. The van der Waals surface area contributed by atoms with Gasteiger partial charge < -0.3 is 14.8 Å². The molecule has 7 nitrogen and oxygen atoms in total. The molecule has 33 heavy (non-hydrogen) atoms. The van der Waals surface area contributed by atoms with Crippen LogP contribution in [0.4, 0.5) is 5.69 Å². The Labute approximate surface area is 199 Å². The summed E-state index contributed by atoms with van der Waals surface area (Å²) in [6, 6.07) is 14.4. The monoisotopic (exact) mass is 479 g/mol. The van der Waals surface area contributed by atoms with Crippen LogP contribution in [0.2, 0.25) is 0 Å².